The second-order valence-electron chi connectivity index (χ2n) is 4.18. The van der Waals surface area contributed by atoms with Crippen LogP contribution in [0.4, 0.5) is 0 Å². The number of aryl methyl sites for hydroxylation is 1. The highest BCUT2D eigenvalue weighted by Crippen LogP contribution is 2.05. The van der Waals surface area contributed by atoms with Crippen molar-refractivity contribution in [2.75, 3.05) is 19.6 Å². The van der Waals surface area contributed by atoms with E-state index < -0.39 is 0 Å². The van der Waals surface area contributed by atoms with E-state index in [2.05, 4.69) is 28.0 Å². The van der Waals surface area contributed by atoms with Gasteiger partial charge < -0.3 is 5.32 Å². The molecule has 90 valence electrons. The minimum absolute atomic E-state index is 0.810. The van der Waals surface area contributed by atoms with E-state index in [1.54, 1.807) is 0 Å². The van der Waals surface area contributed by atoms with Crippen LogP contribution in [0.1, 0.15) is 11.3 Å². The first-order valence-electron chi connectivity index (χ1n) is 5.86. The molecule has 0 aromatic carbocycles. The molecule has 0 atom stereocenters. The van der Waals surface area contributed by atoms with Gasteiger partial charge in [-0.2, -0.15) is 5.10 Å². The summed E-state index contributed by atoms with van der Waals surface area (Å²) >= 11 is 0. The van der Waals surface area contributed by atoms with E-state index in [9.17, 15) is 0 Å². The van der Waals surface area contributed by atoms with Crippen molar-refractivity contribution in [3.63, 3.8) is 0 Å². The monoisotopic (exact) mass is 230 g/mol. The van der Waals surface area contributed by atoms with Gasteiger partial charge in [-0.05, 0) is 18.6 Å². The molecule has 4 nitrogen and oxygen atoms in total. The third-order valence-corrected chi connectivity index (χ3v) is 2.72. The molecule has 1 aromatic rings. The lowest BCUT2D eigenvalue weighted by molar-refractivity contribution is 0.318. The largest absolute Gasteiger partial charge is 0.309 e. The van der Waals surface area contributed by atoms with Crippen molar-refractivity contribution in [3.05, 3.63) is 41.9 Å². The van der Waals surface area contributed by atoms with Crippen LogP contribution < -0.4 is 5.32 Å². The zero-order valence-corrected chi connectivity index (χ0v) is 10.2. The average molecular weight is 230 g/mol. The molecule has 0 bridgehead atoms. The first-order chi connectivity index (χ1) is 8.25. The van der Waals surface area contributed by atoms with Crippen LogP contribution in [-0.4, -0.2) is 35.8 Å². The summed E-state index contributed by atoms with van der Waals surface area (Å²) in [5.74, 6) is 0. The van der Waals surface area contributed by atoms with Gasteiger partial charge in [-0.15, -0.1) is 0 Å². The summed E-state index contributed by atoms with van der Waals surface area (Å²) < 4.78 is 0. The number of hydrazone groups is 1. The lowest BCUT2D eigenvalue weighted by Crippen LogP contribution is -2.38. The molecule has 2 rings (SSSR count). The van der Waals surface area contributed by atoms with E-state index in [4.69, 9.17) is 0 Å². The Bertz CT molecular complexity index is 408. The van der Waals surface area contributed by atoms with E-state index in [0.717, 1.165) is 37.4 Å². The quantitative estimate of drug-likeness (QED) is 0.797. The molecule has 0 radical (unpaired) electrons. The summed E-state index contributed by atoms with van der Waals surface area (Å²) in [5.41, 5.74) is 3.25. The first kappa shape index (κ1) is 11.8. The molecule has 1 aromatic heterocycles. The number of nitrogens with zero attached hydrogens (tertiary/aromatic N) is 3. The smallest absolute Gasteiger partial charge is 0.0537 e. The van der Waals surface area contributed by atoms with Crippen LogP contribution in [-0.2, 0) is 6.42 Å². The van der Waals surface area contributed by atoms with E-state index in [-0.39, 0.29) is 0 Å². The van der Waals surface area contributed by atoms with Gasteiger partial charge in [0.15, 0.2) is 0 Å². The fourth-order valence-electron chi connectivity index (χ4n) is 1.67. The number of pyridine rings is 1. The van der Waals surface area contributed by atoms with E-state index >= 15 is 0 Å². The molecule has 0 amide bonds. The number of hydrogen-bond acceptors (Lipinski definition) is 4. The van der Waals surface area contributed by atoms with Crippen molar-refractivity contribution in [2.24, 2.45) is 5.10 Å². The summed E-state index contributed by atoms with van der Waals surface area (Å²) in [6.07, 6.45) is 4.63. The van der Waals surface area contributed by atoms with Crippen LogP contribution in [0.2, 0.25) is 0 Å². The Balaban J connectivity index is 1.88. The minimum Gasteiger partial charge on any atom is -0.309 e. The van der Waals surface area contributed by atoms with Crippen LogP contribution in [0.15, 0.2) is 35.7 Å². The van der Waals surface area contributed by atoms with Gasteiger partial charge >= 0.3 is 0 Å². The second-order valence-corrected chi connectivity index (χ2v) is 4.18. The van der Waals surface area contributed by atoms with Crippen LogP contribution in [0.5, 0.6) is 0 Å². The molecule has 0 saturated carbocycles. The highest BCUT2D eigenvalue weighted by atomic mass is 15.5. The topological polar surface area (TPSA) is 40.5 Å². The van der Waals surface area contributed by atoms with Crippen LogP contribution >= 0.6 is 0 Å². The predicted molar refractivity (Wildman–Crippen MR) is 69.9 cm³/mol. The van der Waals surface area contributed by atoms with E-state index in [0.29, 0.717) is 0 Å². The molecule has 0 unspecified atom stereocenters. The third kappa shape index (κ3) is 3.39. The summed E-state index contributed by atoms with van der Waals surface area (Å²) in [6, 6.07) is 4.11. The maximum absolute atomic E-state index is 4.42. The third-order valence-electron chi connectivity index (χ3n) is 2.72. The fourth-order valence-corrected chi connectivity index (χ4v) is 1.67. The molecule has 0 aliphatic carbocycles. The SMILES string of the molecule is C=C1CNCCN1/N=C\Cc1ccc(C)nc1. The molecule has 1 aliphatic rings. The highest BCUT2D eigenvalue weighted by molar-refractivity contribution is 5.61. The fraction of sp³-hybridized carbons (Fsp3) is 0.385. The minimum atomic E-state index is 0.810. The molecule has 1 N–H and O–H groups in total. The highest BCUT2D eigenvalue weighted by Gasteiger charge is 2.09. The zero-order chi connectivity index (χ0) is 12.1. The van der Waals surface area contributed by atoms with Gasteiger partial charge in [-0.1, -0.05) is 12.6 Å². The number of rotatable bonds is 3. The molecule has 0 spiro atoms. The molecular formula is C13H18N4. The van der Waals surface area contributed by atoms with Crippen molar-refractivity contribution in [2.45, 2.75) is 13.3 Å². The Hall–Kier alpha value is -1.68. The van der Waals surface area contributed by atoms with Crippen molar-refractivity contribution >= 4 is 6.21 Å². The van der Waals surface area contributed by atoms with Gasteiger partial charge in [0.1, 0.15) is 0 Å². The van der Waals surface area contributed by atoms with Gasteiger partial charge in [0.2, 0.25) is 0 Å². The molecule has 1 fully saturated rings. The molecule has 17 heavy (non-hydrogen) atoms. The Morgan fingerprint density at radius 1 is 1.59 bits per heavy atom. The Morgan fingerprint density at radius 2 is 2.47 bits per heavy atom. The maximum atomic E-state index is 4.42. The standard InChI is InChI=1S/C13H18N4/c1-11-3-4-13(10-15-11)5-6-16-17-8-7-14-9-12(17)2/h3-4,6,10,14H,2,5,7-9H2,1H3/b16-6-. The van der Waals surface area contributed by atoms with Crippen LogP contribution in [0, 0.1) is 6.92 Å². The van der Waals surface area contributed by atoms with Gasteiger partial charge in [0, 0.05) is 43.3 Å². The molecule has 4 heteroatoms. The number of piperazine rings is 1. The second kappa shape index (κ2) is 5.59. The molecule has 1 aliphatic heterocycles. The van der Waals surface area contributed by atoms with Crippen molar-refractivity contribution in [1.82, 2.24) is 15.3 Å². The van der Waals surface area contributed by atoms with Gasteiger partial charge in [-0.25, -0.2) is 0 Å². The summed E-state index contributed by atoms with van der Waals surface area (Å²) in [6.45, 7) is 8.63. The van der Waals surface area contributed by atoms with Crippen molar-refractivity contribution in [3.8, 4) is 0 Å². The average Bonchev–Trinajstić information content (AvgIpc) is 2.34. The van der Waals surface area contributed by atoms with Crippen LogP contribution in [0.25, 0.3) is 0 Å². The van der Waals surface area contributed by atoms with Crippen LogP contribution in [0.3, 0.4) is 0 Å². The predicted octanol–water partition coefficient (Wildman–Crippen LogP) is 1.34. The Kier molecular flexibility index (Phi) is 3.88. The Labute approximate surface area is 102 Å². The van der Waals surface area contributed by atoms with Gasteiger partial charge in [0.25, 0.3) is 0 Å². The molecular weight excluding hydrogens is 212 g/mol. The van der Waals surface area contributed by atoms with E-state index in [1.165, 1.54) is 5.56 Å². The molecule has 1 saturated heterocycles. The van der Waals surface area contributed by atoms with Crippen molar-refractivity contribution in [1.29, 1.82) is 0 Å². The first-order valence-corrected chi connectivity index (χ1v) is 5.86. The van der Waals surface area contributed by atoms with Crippen molar-refractivity contribution < 1.29 is 0 Å². The number of aromatic nitrogens is 1. The van der Waals surface area contributed by atoms with Gasteiger partial charge in [-0.3, -0.25) is 9.99 Å². The summed E-state index contributed by atoms with van der Waals surface area (Å²) in [4.78, 5) is 4.26. The normalized spacial score (nSPS) is 16.8. The summed E-state index contributed by atoms with van der Waals surface area (Å²) in [7, 11) is 0. The Morgan fingerprint density at radius 3 is 3.18 bits per heavy atom. The lowest BCUT2D eigenvalue weighted by Gasteiger charge is -2.26. The maximum Gasteiger partial charge on any atom is 0.0537 e. The molecule has 2 heterocycles. The van der Waals surface area contributed by atoms with Gasteiger partial charge in [0.05, 0.1) is 6.54 Å². The van der Waals surface area contributed by atoms with E-state index in [1.807, 2.05) is 30.4 Å². The zero-order valence-electron chi connectivity index (χ0n) is 10.2. The lowest BCUT2D eigenvalue weighted by atomic mass is 10.2. The summed E-state index contributed by atoms with van der Waals surface area (Å²) in [5, 5.41) is 9.63. The number of nitrogens with one attached hydrogen (secondary N) is 1. The number of hydrogen-bond donors (Lipinski definition) is 1.